The van der Waals surface area contributed by atoms with E-state index in [9.17, 15) is 22.4 Å². The molecule has 39 heavy (non-hydrogen) atoms. The lowest BCUT2D eigenvalue weighted by molar-refractivity contribution is -0.117. The summed E-state index contributed by atoms with van der Waals surface area (Å²) in [5, 5.41) is 3.09. The van der Waals surface area contributed by atoms with Crippen molar-refractivity contribution in [3.05, 3.63) is 124 Å². The third-order valence-corrected chi connectivity index (χ3v) is 7.81. The Balaban J connectivity index is 1.49. The van der Waals surface area contributed by atoms with Crippen LogP contribution in [0.3, 0.4) is 0 Å². The van der Waals surface area contributed by atoms with Gasteiger partial charge in [0.1, 0.15) is 18.2 Å². The number of benzene rings is 4. The summed E-state index contributed by atoms with van der Waals surface area (Å²) in [6, 6.07) is 19.6. The van der Waals surface area contributed by atoms with Crippen molar-refractivity contribution in [3.8, 4) is 0 Å². The largest absolute Gasteiger partial charge is 0.324 e. The quantitative estimate of drug-likeness (QED) is 0.328. The average molecular weight is 568 g/mol. The fourth-order valence-electron chi connectivity index (χ4n) is 4.37. The van der Waals surface area contributed by atoms with Gasteiger partial charge in [0.05, 0.1) is 10.9 Å². The Labute approximate surface area is 228 Å². The van der Waals surface area contributed by atoms with E-state index in [0.29, 0.717) is 16.3 Å². The van der Waals surface area contributed by atoms with Gasteiger partial charge in [-0.1, -0.05) is 29.8 Å². The number of hydrogen-bond acceptors (Lipinski definition) is 4. The van der Waals surface area contributed by atoms with Gasteiger partial charge in [0.15, 0.2) is 0 Å². The molecule has 0 aromatic heterocycles. The van der Waals surface area contributed by atoms with Crippen LogP contribution in [0.15, 0.2) is 95.9 Å². The fourth-order valence-corrected chi connectivity index (χ4v) is 5.61. The van der Waals surface area contributed by atoms with Crippen LogP contribution >= 0.6 is 11.6 Å². The van der Waals surface area contributed by atoms with E-state index in [1.807, 2.05) is 0 Å². The topological polar surface area (TPSA) is 95.6 Å². The van der Waals surface area contributed by atoms with Gasteiger partial charge in [-0.25, -0.2) is 17.2 Å². The Hall–Kier alpha value is -4.28. The number of fused-ring (bicyclic) bond motifs is 1. The zero-order chi connectivity index (χ0) is 27.7. The predicted molar refractivity (Wildman–Crippen MR) is 143 cm³/mol. The summed E-state index contributed by atoms with van der Waals surface area (Å²) in [6.07, 6.45) is 0. The highest BCUT2D eigenvalue weighted by molar-refractivity contribution is 7.92. The van der Waals surface area contributed by atoms with Gasteiger partial charge in [-0.05, 0) is 72.8 Å². The van der Waals surface area contributed by atoms with Crippen LogP contribution in [0.2, 0.25) is 5.02 Å². The van der Waals surface area contributed by atoms with Crippen LogP contribution in [0.4, 0.5) is 20.2 Å². The van der Waals surface area contributed by atoms with E-state index in [4.69, 9.17) is 11.6 Å². The van der Waals surface area contributed by atoms with Gasteiger partial charge in [-0.2, -0.15) is 0 Å². The number of amides is 2. The van der Waals surface area contributed by atoms with Crippen LogP contribution in [-0.2, 0) is 14.8 Å². The molecule has 0 saturated heterocycles. The average Bonchev–Trinajstić information content (AvgIpc) is 3.04. The van der Waals surface area contributed by atoms with E-state index in [2.05, 4.69) is 10.0 Å². The Morgan fingerprint density at radius 1 is 0.923 bits per heavy atom. The van der Waals surface area contributed by atoms with Crippen molar-refractivity contribution in [2.45, 2.75) is 10.9 Å². The van der Waals surface area contributed by atoms with Crippen molar-refractivity contribution < 1.29 is 26.8 Å². The maximum atomic E-state index is 15.0. The van der Waals surface area contributed by atoms with Gasteiger partial charge in [0.2, 0.25) is 5.91 Å². The van der Waals surface area contributed by atoms with Crippen molar-refractivity contribution in [1.29, 1.82) is 0 Å². The molecule has 0 fully saturated rings. The molecule has 198 valence electrons. The van der Waals surface area contributed by atoms with Gasteiger partial charge in [0, 0.05) is 33.1 Å². The number of halogens is 3. The molecule has 2 amide bonds. The van der Waals surface area contributed by atoms with E-state index >= 15 is 4.39 Å². The molecule has 1 atom stereocenters. The summed E-state index contributed by atoms with van der Waals surface area (Å²) in [7, 11) is -4.00. The number of carbonyl (C=O) groups excluding carboxylic acids is 2. The van der Waals surface area contributed by atoms with Crippen LogP contribution in [0.25, 0.3) is 0 Å². The zero-order valence-electron chi connectivity index (χ0n) is 20.1. The fraction of sp³-hybridized carbons (Fsp3) is 0.0714. The second-order valence-electron chi connectivity index (χ2n) is 8.77. The molecular formula is C28H20ClF2N3O4S. The summed E-state index contributed by atoms with van der Waals surface area (Å²) in [6.45, 7) is -0.372. The number of nitrogens with one attached hydrogen (secondary N) is 2. The monoisotopic (exact) mass is 567 g/mol. The first-order valence-electron chi connectivity index (χ1n) is 11.7. The number of hydrogen-bond donors (Lipinski definition) is 2. The third kappa shape index (κ3) is 5.47. The summed E-state index contributed by atoms with van der Waals surface area (Å²) in [4.78, 5) is 27.6. The first-order chi connectivity index (χ1) is 18.6. The molecule has 1 heterocycles. The predicted octanol–water partition coefficient (Wildman–Crippen LogP) is 5.60. The molecule has 0 saturated carbocycles. The van der Waals surface area contributed by atoms with Crippen LogP contribution in [0, 0.1) is 11.6 Å². The summed E-state index contributed by atoms with van der Waals surface area (Å²) in [5.74, 6) is -2.20. The molecule has 4 aromatic carbocycles. The van der Waals surface area contributed by atoms with Gasteiger partial charge < -0.3 is 10.2 Å². The minimum atomic E-state index is -4.00. The number of sulfonamides is 1. The molecule has 0 radical (unpaired) electrons. The molecule has 11 heteroatoms. The minimum Gasteiger partial charge on any atom is -0.324 e. The number of anilines is 2. The maximum Gasteiger partial charge on any atom is 0.261 e. The van der Waals surface area contributed by atoms with Crippen molar-refractivity contribution in [1.82, 2.24) is 4.90 Å². The number of carbonyl (C=O) groups is 2. The van der Waals surface area contributed by atoms with Crippen molar-refractivity contribution in [3.63, 3.8) is 0 Å². The molecule has 1 aliphatic heterocycles. The van der Waals surface area contributed by atoms with Gasteiger partial charge >= 0.3 is 0 Å². The lowest BCUT2D eigenvalue weighted by atomic mass is 9.94. The number of nitrogens with zero attached hydrogens (tertiary/aromatic N) is 1. The van der Waals surface area contributed by atoms with E-state index < -0.39 is 39.5 Å². The second-order valence-corrected chi connectivity index (χ2v) is 10.9. The number of rotatable bonds is 5. The summed E-state index contributed by atoms with van der Waals surface area (Å²) in [5.41, 5.74) is 1.31. The van der Waals surface area contributed by atoms with Gasteiger partial charge in [-0.3, -0.25) is 14.3 Å². The second kappa shape index (κ2) is 10.5. The van der Waals surface area contributed by atoms with Crippen LogP contribution in [0.1, 0.15) is 27.5 Å². The summed E-state index contributed by atoms with van der Waals surface area (Å²) < 4.78 is 55.9. The molecule has 5 rings (SSSR count). The lowest BCUT2D eigenvalue weighted by Crippen LogP contribution is -2.39. The highest BCUT2D eigenvalue weighted by atomic mass is 35.5. The molecule has 0 aliphatic carbocycles. The van der Waals surface area contributed by atoms with Crippen LogP contribution < -0.4 is 10.0 Å². The molecule has 2 N–H and O–H groups in total. The molecule has 1 unspecified atom stereocenters. The minimum absolute atomic E-state index is 0.135. The molecule has 7 nitrogen and oxygen atoms in total. The third-order valence-electron chi connectivity index (χ3n) is 6.18. The molecule has 0 spiro atoms. The molecular weight excluding hydrogens is 548 g/mol. The van der Waals surface area contributed by atoms with Crippen LogP contribution in [0.5, 0.6) is 0 Å². The van der Waals surface area contributed by atoms with Crippen molar-refractivity contribution in [2.75, 3.05) is 16.6 Å². The molecule has 4 aromatic rings. The SMILES string of the molecule is O=C1CN(C(=O)c2ccc(NS(=O)(=O)c3ccc(F)cc3)cc2)C(c2ccccc2F)c2cc(Cl)ccc2N1. The Morgan fingerprint density at radius 3 is 2.31 bits per heavy atom. The van der Waals surface area contributed by atoms with E-state index in [-0.39, 0.29) is 28.3 Å². The molecule has 1 aliphatic rings. The first kappa shape index (κ1) is 26.3. The normalized spacial score (nSPS) is 15.2. The maximum absolute atomic E-state index is 15.0. The smallest absolute Gasteiger partial charge is 0.261 e. The first-order valence-corrected chi connectivity index (χ1v) is 13.5. The zero-order valence-corrected chi connectivity index (χ0v) is 21.6. The van der Waals surface area contributed by atoms with E-state index in [1.165, 1.54) is 47.4 Å². The van der Waals surface area contributed by atoms with Crippen molar-refractivity contribution >= 4 is 44.8 Å². The Bertz CT molecular complexity index is 1680. The van der Waals surface area contributed by atoms with Gasteiger partial charge in [0.25, 0.3) is 15.9 Å². The lowest BCUT2D eigenvalue weighted by Gasteiger charge is -2.31. The van der Waals surface area contributed by atoms with Crippen LogP contribution in [-0.4, -0.2) is 31.7 Å². The van der Waals surface area contributed by atoms with Crippen molar-refractivity contribution in [2.24, 2.45) is 0 Å². The van der Waals surface area contributed by atoms with E-state index in [1.54, 1.807) is 24.3 Å². The Morgan fingerprint density at radius 2 is 1.62 bits per heavy atom. The highest BCUT2D eigenvalue weighted by Crippen LogP contribution is 2.39. The molecule has 0 bridgehead atoms. The Kier molecular flexibility index (Phi) is 7.07. The van der Waals surface area contributed by atoms with Gasteiger partial charge in [-0.15, -0.1) is 0 Å². The standard InChI is InChI=1S/C28H20ClF2N3O4S/c29-18-7-14-25-23(15-18)27(22-3-1-2-4-24(22)31)34(16-26(35)32-25)28(36)17-5-10-20(11-6-17)33-39(37,38)21-12-8-19(30)9-13-21/h1-15,27,33H,16H2,(H,32,35). The highest BCUT2D eigenvalue weighted by Gasteiger charge is 2.35. The summed E-state index contributed by atoms with van der Waals surface area (Å²) >= 11 is 6.24. The van der Waals surface area contributed by atoms with E-state index in [0.717, 1.165) is 24.3 Å².